The van der Waals surface area contributed by atoms with Gasteiger partial charge in [0.25, 0.3) is 0 Å². The molecular formula is C8H6BrN3O2. The van der Waals surface area contributed by atoms with Crippen LogP contribution in [0.4, 0.5) is 0 Å². The minimum absolute atomic E-state index is 0.391. The average molecular weight is 256 g/mol. The molecule has 14 heavy (non-hydrogen) atoms. The number of esters is 1. The lowest BCUT2D eigenvalue weighted by atomic mass is 10.3. The second-order valence-electron chi connectivity index (χ2n) is 2.57. The third-order valence-corrected chi connectivity index (χ3v) is 2.30. The van der Waals surface area contributed by atoms with Crippen LogP contribution in [0, 0.1) is 0 Å². The van der Waals surface area contributed by atoms with Gasteiger partial charge in [0, 0.05) is 0 Å². The number of nitrogens with zero attached hydrogens (tertiary/aromatic N) is 3. The molecule has 0 unspecified atom stereocenters. The van der Waals surface area contributed by atoms with Crippen LogP contribution < -0.4 is 0 Å². The Morgan fingerprint density at radius 1 is 1.50 bits per heavy atom. The van der Waals surface area contributed by atoms with Gasteiger partial charge in [-0.1, -0.05) is 6.07 Å². The topological polar surface area (TPSA) is 56.5 Å². The Bertz CT molecular complexity index is 494. The van der Waals surface area contributed by atoms with Crippen molar-refractivity contribution in [1.82, 2.24) is 14.6 Å². The van der Waals surface area contributed by atoms with E-state index in [2.05, 4.69) is 30.9 Å². The maximum absolute atomic E-state index is 11.4. The lowest BCUT2D eigenvalue weighted by Gasteiger charge is -2.02. The number of pyridine rings is 1. The van der Waals surface area contributed by atoms with Crippen molar-refractivity contribution in [2.24, 2.45) is 0 Å². The predicted molar refractivity (Wildman–Crippen MR) is 52.0 cm³/mol. The third kappa shape index (κ3) is 1.27. The maximum atomic E-state index is 11.4. The highest BCUT2D eigenvalue weighted by Crippen LogP contribution is 2.13. The van der Waals surface area contributed by atoms with E-state index in [-0.39, 0.29) is 0 Å². The summed E-state index contributed by atoms with van der Waals surface area (Å²) in [5.41, 5.74) is 0.988. The molecule has 0 aliphatic carbocycles. The molecule has 0 bridgehead atoms. The van der Waals surface area contributed by atoms with Crippen molar-refractivity contribution in [3.63, 3.8) is 0 Å². The number of halogens is 1. The number of methoxy groups -OCH3 is 1. The molecule has 72 valence electrons. The van der Waals surface area contributed by atoms with E-state index in [1.807, 2.05) is 0 Å². The normalized spacial score (nSPS) is 10.4. The van der Waals surface area contributed by atoms with Gasteiger partial charge in [-0.2, -0.15) is 0 Å². The molecule has 0 N–H and O–H groups in total. The zero-order chi connectivity index (χ0) is 10.1. The highest BCUT2D eigenvalue weighted by Gasteiger charge is 2.13. The first-order valence-corrected chi connectivity index (χ1v) is 4.61. The van der Waals surface area contributed by atoms with Gasteiger partial charge in [0.05, 0.1) is 7.11 Å². The van der Waals surface area contributed by atoms with E-state index in [4.69, 9.17) is 0 Å². The molecule has 2 heterocycles. The SMILES string of the molecule is COC(=O)c1cccc2nnc(Br)n12. The van der Waals surface area contributed by atoms with Crippen molar-refractivity contribution in [3.8, 4) is 0 Å². The Kier molecular flexibility index (Phi) is 2.20. The summed E-state index contributed by atoms with van der Waals surface area (Å²) in [5, 5.41) is 7.65. The molecule has 6 heteroatoms. The molecule has 0 saturated carbocycles. The first-order chi connectivity index (χ1) is 6.74. The molecule has 0 aliphatic heterocycles. The van der Waals surface area contributed by atoms with Crippen molar-refractivity contribution < 1.29 is 9.53 Å². The van der Waals surface area contributed by atoms with Crippen LogP contribution in [0.2, 0.25) is 0 Å². The molecule has 2 aromatic rings. The molecule has 0 atom stereocenters. The number of aromatic nitrogens is 3. The number of ether oxygens (including phenoxy) is 1. The van der Waals surface area contributed by atoms with Crippen molar-refractivity contribution in [3.05, 3.63) is 28.6 Å². The lowest BCUT2D eigenvalue weighted by Crippen LogP contribution is -2.07. The van der Waals surface area contributed by atoms with E-state index < -0.39 is 5.97 Å². The van der Waals surface area contributed by atoms with Crippen molar-refractivity contribution in [1.29, 1.82) is 0 Å². The van der Waals surface area contributed by atoms with Crippen LogP contribution in [0.25, 0.3) is 5.65 Å². The number of hydrogen-bond acceptors (Lipinski definition) is 4. The highest BCUT2D eigenvalue weighted by molar-refractivity contribution is 9.10. The van der Waals surface area contributed by atoms with E-state index in [0.29, 0.717) is 16.1 Å². The van der Waals surface area contributed by atoms with Crippen molar-refractivity contribution >= 4 is 27.5 Å². The number of carbonyl (C=O) groups excluding carboxylic acids is 1. The minimum Gasteiger partial charge on any atom is -0.464 e. The summed E-state index contributed by atoms with van der Waals surface area (Å²) in [5.74, 6) is -0.420. The summed E-state index contributed by atoms with van der Waals surface area (Å²) < 4.78 is 6.69. The van der Waals surface area contributed by atoms with Gasteiger partial charge in [-0.25, -0.2) is 4.79 Å². The predicted octanol–water partition coefficient (Wildman–Crippen LogP) is 1.28. The Hall–Kier alpha value is -1.43. The largest absolute Gasteiger partial charge is 0.464 e. The van der Waals surface area contributed by atoms with Gasteiger partial charge in [0.15, 0.2) is 5.65 Å². The van der Waals surface area contributed by atoms with Crippen LogP contribution in [0.3, 0.4) is 0 Å². The molecule has 2 aromatic heterocycles. The number of hydrogen-bond donors (Lipinski definition) is 0. The lowest BCUT2D eigenvalue weighted by molar-refractivity contribution is 0.0592. The second kappa shape index (κ2) is 3.38. The average Bonchev–Trinajstić information content (AvgIpc) is 2.59. The van der Waals surface area contributed by atoms with E-state index in [0.717, 1.165) is 0 Å². The molecule has 5 nitrogen and oxygen atoms in total. The minimum atomic E-state index is -0.420. The van der Waals surface area contributed by atoms with Crippen LogP contribution in [-0.4, -0.2) is 27.7 Å². The molecule has 0 aromatic carbocycles. The van der Waals surface area contributed by atoms with Crippen molar-refractivity contribution in [2.45, 2.75) is 0 Å². The maximum Gasteiger partial charge on any atom is 0.355 e. The number of rotatable bonds is 1. The second-order valence-corrected chi connectivity index (χ2v) is 3.27. The van der Waals surface area contributed by atoms with Crippen LogP contribution in [0.1, 0.15) is 10.5 Å². The molecule has 0 amide bonds. The Balaban J connectivity index is 2.75. The zero-order valence-electron chi connectivity index (χ0n) is 7.27. The van der Waals surface area contributed by atoms with Gasteiger partial charge in [-0.05, 0) is 28.1 Å². The van der Waals surface area contributed by atoms with Gasteiger partial charge >= 0.3 is 5.97 Å². The summed E-state index contributed by atoms with van der Waals surface area (Å²) in [6, 6.07) is 5.12. The Morgan fingerprint density at radius 3 is 3.00 bits per heavy atom. The first-order valence-electron chi connectivity index (χ1n) is 3.82. The Labute approximate surface area is 87.8 Å². The summed E-state index contributed by atoms with van der Waals surface area (Å²) in [6.07, 6.45) is 0. The molecule has 0 aliphatic rings. The molecule has 0 saturated heterocycles. The van der Waals surface area contributed by atoms with Crippen LogP contribution >= 0.6 is 15.9 Å². The third-order valence-electron chi connectivity index (χ3n) is 1.78. The molecule has 0 fully saturated rings. The summed E-state index contributed by atoms with van der Waals surface area (Å²) in [4.78, 5) is 11.4. The molecule has 2 rings (SSSR count). The molecular weight excluding hydrogens is 250 g/mol. The summed E-state index contributed by atoms with van der Waals surface area (Å²) in [6.45, 7) is 0. The van der Waals surface area contributed by atoms with Gasteiger partial charge < -0.3 is 4.74 Å². The fourth-order valence-electron chi connectivity index (χ4n) is 1.17. The fourth-order valence-corrected chi connectivity index (χ4v) is 1.62. The quantitative estimate of drug-likeness (QED) is 0.721. The Morgan fingerprint density at radius 2 is 2.29 bits per heavy atom. The van der Waals surface area contributed by atoms with Crippen LogP contribution in [0.15, 0.2) is 22.9 Å². The smallest absolute Gasteiger partial charge is 0.355 e. The standard InChI is InChI=1S/C8H6BrN3O2/c1-14-7(13)5-3-2-4-6-10-11-8(9)12(5)6/h2-4H,1H3. The van der Waals surface area contributed by atoms with Gasteiger partial charge in [0.1, 0.15) is 5.69 Å². The highest BCUT2D eigenvalue weighted by atomic mass is 79.9. The first kappa shape index (κ1) is 9.14. The van der Waals surface area contributed by atoms with Crippen LogP contribution in [0.5, 0.6) is 0 Å². The van der Waals surface area contributed by atoms with E-state index in [1.165, 1.54) is 7.11 Å². The van der Waals surface area contributed by atoms with Gasteiger partial charge in [-0.15, -0.1) is 10.2 Å². The number of carbonyl (C=O) groups is 1. The fraction of sp³-hybridized carbons (Fsp3) is 0.125. The molecule has 0 spiro atoms. The van der Waals surface area contributed by atoms with E-state index in [1.54, 1.807) is 22.6 Å². The molecule has 0 radical (unpaired) electrons. The summed E-state index contributed by atoms with van der Waals surface area (Å²) >= 11 is 3.20. The van der Waals surface area contributed by atoms with E-state index >= 15 is 0 Å². The van der Waals surface area contributed by atoms with Crippen molar-refractivity contribution in [2.75, 3.05) is 7.11 Å². The number of fused-ring (bicyclic) bond motifs is 1. The monoisotopic (exact) mass is 255 g/mol. The van der Waals surface area contributed by atoms with Gasteiger partial charge in [-0.3, -0.25) is 4.40 Å². The zero-order valence-corrected chi connectivity index (χ0v) is 8.85. The van der Waals surface area contributed by atoms with Gasteiger partial charge in [0.2, 0.25) is 4.73 Å². The van der Waals surface area contributed by atoms with E-state index in [9.17, 15) is 4.79 Å². The van der Waals surface area contributed by atoms with Crippen LogP contribution in [-0.2, 0) is 4.74 Å². The summed E-state index contributed by atoms with van der Waals surface area (Å²) in [7, 11) is 1.33.